The van der Waals surface area contributed by atoms with Gasteiger partial charge in [0.1, 0.15) is 0 Å². The van der Waals surface area contributed by atoms with Crippen molar-refractivity contribution in [1.82, 2.24) is 5.32 Å². The summed E-state index contributed by atoms with van der Waals surface area (Å²) in [6, 6.07) is 10.8. The predicted octanol–water partition coefficient (Wildman–Crippen LogP) is 1.96. The zero-order valence-electron chi connectivity index (χ0n) is 9.93. The molecule has 1 heterocycles. The maximum absolute atomic E-state index is 11.2. The Morgan fingerprint density at radius 3 is 2.94 bits per heavy atom. The number of nitrogens with zero attached hydrogens (tertiary/aromatic N) is 1. The van der Waals surface area contributed by atoms with Crippen LogP contribution >= 0.6 is 0 Å². The van der Waals surface area contributed by atoms with Crippen LogP contribution in [0.2, 0.25) is 0 Å². The summed E-state index contributed by atoms with van der Waals surface area (Å²) < 4.78 is 0. The van der Waals surface area contributed by atoms with Crippen LogP contribution in [0, 0.1) is 0 Å². The normalized spacial score (nSPS) is 19.1. The van der Waals surface area contributed by atoms with Crippen molar-refractivity contribution >= 4 is 11.6 Å². The number of hydrogen-bond donors (Lipinski definition) is 1. The van der Waals surface area contributed by atoms with Gasteiger partial charge in [0.15, 0.2) is 0 Å². The number of amides is 1. The van der Waals surface area contributed by atoms with E-state index >= 15 is 0 Å². The van der Waals surface area contributed by atoms with Crippen LogP contribution < -0.4 is 10.2 Å². The minimum atomic E-state index is -0.0927. The van der Waals surface area contributed by atoms with Gasteiger partial charge in [-0.15, -0.1) is 0 Å². The topological polar surface area (TPSA) is 32.3 Å². The van der Waals surface area contributed by atoms with E-state index in [1.165, 1.54) is 18.2 Å². The van der Waals surface area contributed by atoms with E-state index in [1.807, 2.05) is 18.2 Å². The fourth-order valence-corrected chi connectivity index (χ4v) is 2.30. The van der Waals surface area contributed by atoms with Crippen LogP contribution in [-0.2, 0) is 4.79 Å². The van der Waals surface area contributed by atoms with Gasteiger partial charge in [0.2, 0.25) is 5.91 Å². The monoisotopic (exact) mass is 230 g/mol. The quantitative estimate of drug-likeness (QED) is 0.802. The van der Waals surface area contributed by atoms with E-state index in [0.717, 1.165) is 13.0 Å². The molecule has 90 valence electrons. The maximum Gasteiger partial charge on any atom is 0.243 e. The van der Waals surface area contributed by atoms with Crippen molar-refractivity contribution in [2.24, 2.45) is 0 Å². The largest absolute Gasteiger partial charge is 0.367 e. The molecular formula is C14H18N2O. The Kier molecular flexibility index (Phi) is 3.81. The fourth-order valence-electron chi connectivity index (χ4n) is 2.30. The van der Waals surface area contributed by atoms with Crippen molar-refractivity contribution in [3.8, 4) is 0 Å². The van der Waals surface area contributed by atoms with Gasteiger partial charge in [-0.3, -0.25) is 4.79 Å². The van der Waals surface area contributed by atoms with E-state index in [-0.39, 0.29) is 5.91 Å². The van der Waals surface area contributed by atoms with Gasteiger partial charge in [-0.05, 0) is 31.1 Å². The van der Waals surface area contributed by atoms with Gasteiger partial charge in [-0.2, -0.15) is 0 Å². The lowest BCUT2D eigenvalue weighted by atomic mass is 10.2. The summed E-state index contributed by atoms with van der Waals surface area (Å²) in [4.78, 5) is 13.5. The lowest BCUT2D eigenvalue weighted by Crippen LogP contribution is -2.39. The van der Waals surface area contributed by atoms with Crippen molar-refractivity contribution in [3.63, 3.8) is 0 Å². The highest BCUT2D eigenvalue weighted by Crippen LogP contribution is 2.24. The van der Waals surface area contributed by atoms with Gasteiger partial charge < -0.3 is 10.2 Å². The molecule has 1 aromatic carbocycles. The molecule has 0 unspecified atom stereocenters. The fraction of sp³-hybridized carbons (Fsp3) is 0.357. The molecule has 3 nitrogen and oxygen atoms in total. The van der Waals surface area contributed by atoms with Gasteiger partial charge in [-0.25, -0.2) is 0 Å². The van der Waals surface area contributed by atoms with Crippen LogP contribution in [0.1, 0.15) is 12.8 Å². The molecule has 1 amide bonds. The highest BCUT2D eigenvalue weighted by Gasteiger charge is 2.24. The van der Waals surface area contributed by atoms with Gasteiger partial charge in [0.25, 0.3) is 0 Å². The van der Waals surface area contributed by atoms with E-state index < -0.39 is 0 Å². The van der Waals surface area contributed by atoms with Gasteiger partial charge in [0.05, 0.1) is 0 Å². The second-order valence-corrected chi connectivity index (χ2v) is 4.27. The highest BCUT2D eigenvalue weighted by atomic mass is 16.1. The van der Waals surface area contributed by atoms with Crippen LogP contribution in [0.15, 0.2) is 43.0 Å². The summed E-state index contributed by atoms with van der Waals surface area (Å²) in [7, 11) is 0. The second-order valence-electron chi connectivity index (χ2n) is 4.27. The Morgan fingerprint density at radius 2 is 2.24 bits per heavy atom. The minimum Gasteiger partial charge on any atom is -0.367 e. The Morgan fingerprint density at radius 1 is 1.47 bits per heavy atom. The van der Waals surface area contributed by atoms with Crippen molar-refractivity contribution in [2.45, 2.75) is 18.9 Å². The lowest BCUT2D eigenvalue weighted by molar-refractivity contribution is -0.116. The molecule has 1 aromatic rings. The maximum atomic E-state index is 11.2. The molecule has 3 heteroatoms. The number of rotatable bonds is 4. The molecule has 1 saturated heterocycles. The highest BCUT2D eigenvalue weighted by molar-refractivity contribution is 5.86. The zero-order valence-corrected chi connectivity index (χ0v) is 9.93. The number of nitrogens with one attached hydrogen (secondary N) is 1. The van der Waals surface area contributed by atoms with Gasteiger partial charge in [0, 0.05) is 24.8 Å². The summed E-state index contributed by atoms with van der Waals surface area (Å²) in [6.45, 7) is 5.22. The SMILES string of the molecule is C=CC(=O)NC[C@H]1CCCN1c1ccccc1. The molecule has 0 aromatic heterocycles. The molecular weight excluding hydrogens is 212 g/mol. The molecule has 0 aliphatic carbocycles. The molecule has 17 heavy (non-hydrogen) atoms. The molecule has 2 rings (SSSR count). The number of carbonyl (C=O) groups is 1. The average Bonchev–Trinajstić information content (AvgIpc) is 2.85. The predicted molar refractivity (Wildman–Crippen MR) is 70.0 cm³/mol. The van der Waals surface area contributed by atoms with Crippen molar-refractivity contribution in [2.75, 3.05) is 18.0 Å². The molecule has 0 bridgehead atoms. The summed E-state index contributed by atoms with van der Waals surface area (Å²) >= 11 is 0. The molecule has 0 radical (unpaired) electrons. The molecule has 1 fully saturated rings. The standard InChI is InChI=1S/C14H18N2O/c1-2-14(17)15-11-13-9-6-10-16(13)12-7-4-3-5-8-12/h2-5,7-8,13H,1,6,9-11H2,(H,15,17)/t13-/m1/s1. The molecule has 1 aliphatic heterocycles. The number of benzene rings is 1. The third-order valence-electron chi connectivity index (χ3n) is 3.16. The van der Waals surface area contributed by atoms with E-state index in [1.54, 1.807) is 0 Å². The summed E-state index contributed by atoms with van der Waals surface area (Å²) in [5, 5.41) is 2.88. The smallest absolute Gasteiger partial charge is 0.243 e. The molecule has 0 spiro atoms. The van der Waals surface area contributed by atoms with Crippen molar-refractivity contribution in [3.05, 3.63) is 43.0 Å². The van der Waals surface area contributed by atoms with Crippen LogP contribution in [0.4, 0.5) is 5.69 Å². The van der Waals surface area contributed by atoms with Gasteiger partial charge >= 0.3 is 0 Å². The van der Waals surface area contributed by atoms with Gasteiger partial charge in [-0.1, -0.05) is 24.8 Å². The minimum absolute atomic E-state index is 0.0927. The molecule has 0 saturated carbocycles. The molecule has 1 atom stereocenters. The van der Waals surface area contributed by atoms with E-state index in [4.69, 9.17) is 0 Å². The van der Waals surface area contributed by atoms with E-state index in [9.17, 15) is 4.79 Å². The number of anilines is 1. The third kappa shape index (κ3) is 2.87. The first kappa shape index (κ1) is 11.7. The number of para-hydroxylation sites is 1. The second kappa shape index (κ2) is 5.53. The van der Waals surface area contributed by atoms with Crippen LogP contribution in [0.25, 0.3) is 0 Å². The third-order valence-corrected chi connectivity index (χ3v) is 3.16. The number of carbonyl (C=O) groups excluding carboxylic acids is 1. The zero-order chi connectivity index (χ0) is 12.1. The lowest BCUT2D eigenvalue weighted by Gasteiger charge is -2.26. The number of hydrogen-bond acceptors (Lipinski definition) is 2. The van der Waals surface area contributed by atoms with Crippen molar-refractivity contribution < 1.29 is 4.79 Å². The first-order chi connectivity index (χ1) is 8.31. The Hall–Kier alpha value is -1.77. The van der Waals surface area contributed by atoms with E-state index in [2.05, 4.69) is 28.9 Å². The first-order valence-corrected chi connectivity index (χ1v) is 6.03. The first-order valence-electron chi connectivity index (χ1n) is 6.03. The summed E-state index contributed by atoms with van der Waals surface area (Å²) in [5.74, 6) is -0.0927. The Bertz CT molecular complexity index is 388. The average molecular weight is 230 g/mol. The summed E-state index contributed by atoms with van der Waals surface area (Å²) in [6.07, 6.45) is 3.64. The van der Waals surface area contributed by atoms with Crippen LogP contribution in [0.5, 0.6) is 0 Å². The Balaban J connectivity index is 1.98. The van der Waals surface area contributed by atoms with E-state index in [0.29, 0.717) is 12.6 Å². The van der Waals surface area contributed by atoms with Crippen LogP contribution in [-0.4, -0.2) is 25.0 Å². The van der Waals surface area contributed by atoms with Crippen LogP contribution in [0.3, 0.4) is 0 Å². The van der Waals surface area contributed by atoms with Crippen molar-refractivity contribution in [1.29, 1.82) is 0 Å². The Labute approximate surface area is 102 Å². The molecule has 1 aliphatic rings. The molecule has 1 N–H and O–H groups in total. The summed E-state index contributed by atoms with van der Waals surface area (Å²) in [5.41, 5.74) is 1.24.